The first-order chi connectivity index (χ1) is 9.92. The maximum Gasteiger partial charge on any atom is 0.137 e. The highest BCUT2D eigenvalue weighted by Crippen LogP contribution is 2.43. The average molecular weight is 356 g/mol. The van der Waals surface area contributed by atoms with Gasteiger partial charge in [-0.05, 0) is 71.1 Å². The van der Waals surface area contributed by atoms with Crippen LogP contribution in [0.1, 0.15) is 64.5 Å². The summed E-state index contributed by atoms with van der Waals surface area (Å²) in [5.74, 6) is 0.554. The van der Waals surface area contributed by atoms with Gasteiger partial charge in [0.25, 0.3) is 0 Å². The van der Waals surface area contributed by atoms with Gasteiger partial charge >= 0.3 is 0 Å². The standard InChI is InChI=1S/C18H27BrFN/c1-13(2)11-18(8-4-5-9-18)12-21-14(3)15-6-7-17(20)16(19)10-15/h6-7,10,13-14,21H,4-5,8-9,11-12H2,1-3H3. The van der Waals surface area contributed by atoms with E-state index in [4.69, 9.17) is 0 Å². The third-order valence-electron chi connectivity index (χ3n) is 4.73. The third-order valence-corrected chi connectivity index (χ3v) is 5.34. The highest BCUT2D eigenvalue weighted by molar-refractivity contribution is 9.10. The molecule has 2 rings (SSSR count). The van der Waals surface area contributed by atoms with Crippen molar-refractivity contribution in [3.05, 3.63) is 34.1 Å². The molecule has 0 spiro atoms. The molecule has 3 heteroatoms. The smallest absolute Gasteiger partial charge is 0.137 e. The van der Waals surface area contributed by atoms with Crippen LogP contribution in [0.25, 0.3) is 0 Å². The van der Waals surface area contributed by atoms with Crippen LogP contribution in [-0.2, 0) is 0 Å². The Morgan fingerprint density at radius 3 is 2.48 bits per heavy atom. The molecule has 1 aliphatic carbocycles. The summed E-state index contributed by atoms with van der Waals surface area (Å²) >= 11 is 3.27. The summed E-state index contributed by atoms with van der Waals surface area (Å²) in [6, 6.07) is 5.56. The van der Waals surface area contributed by atoms with Crippen LogP contribution in [0.5, 0.6) is 0 Å². The molecule has 1 aliphatic rings. The highest BCUT2D eigenvalue weighted by atomic mass is 79.9. The summed E-state index contributed by atoms with van der Waals surface area (Å²) in [6.45, 7) is 7.88. The Bertz CT molecular complexity index is 466. The predicted molar refractivity (Wildman–Crippen MR) is 90.9 cm³/mol. The lowest BCUT2D eigenvalue weighted by atomic mass is 9.78. The van der Waals surface area contributed by atoms with Crippen molar-refractivity contribution >= 4 is 15.9 Å². The lowest BCUT2D eigenvalue weighted by molar-refractivity contribution is 0.217. The van der Waals surface area contributed by atoms with E-state index >= 15 is 0 Å². The van der Waals surface area contributed by atoms with Crippen LogP contribution in [0.2, 0.25) is 0 Å². The van der Waals surface area contributed by atoms with Gasteiger partial charge < -0.3 is 5.32 Å². The number of rotatable bonds is 6. The molecule has 1 N–H and O–H groups in total. The molecule has 1 unspecified atom stereocenters. The molecule has 118 valence electrons. The van der Waals surface area contributed by atoms with Crippen LogP contribution < -0.4 is 5.32 Å². The molecule has 1 fully saturated rings. The number of hydrogen-bond acceptors (Lipinski definition) is 1. The van der Waals surface area contributed by atoms with Crippen LogP contribution in [0, 0.1) is 17.2 Å². The fraction of sp³-hybridized carbons (Fsp3) is 0.667. The molecule has 1 aromatic rings. The molecule has 0 bridgehead atoms. The zero-order chi connectivity index (χ0) is 15.5. The first kappa shape index (κ1) is 17.0. The monoisotopic (exact) mass is 355 g/mol. The molecular weight excluding hydrogens is 329 g/mol. The minimum Gasteiger partial charge on any atom is -0.310 e. The van der Waals surface area contributed by atoms with Crippen LogP contribution in [0.15, 0.2) is 22.7 Å². The molecule has 1 atom stereocenters. The van der Waals surface area contributed by atoms with Gasteiger partial charge in [-0.2, -0.15) is 0 Å². The van der Waals surface area contributed by atoms with Crippen LogP contribution in [0.3, 0.4) is 0 Å². The fourth-order valence-corrected chi connectivity index (χ4v) is 4.11. The average Bonchev–Trinajstić information content (AvgIpc) is 2.87. The Hall–Kier alpha value is -0.410. The lowest BCUT2D eigenvalue weighted by Crippen LogP contribution is -2.34. The molecule has 0 saturated heterocycles. The topological polar surface area (TPSA) is 12.0 Å². The van der Waals surface area contributed by atoms with Crippen molar-refractivity contribution in [1.82, 2.24) is 5.32 Å². The second-order valence-electron chi connectivity index (χ2n) is 7.08. The van der Waals surface area contributed by atoms with Crippen molar-refractivity contribution in [3.8, 4) is 0 Å². The van der Waals surface area contributed by atoms with E-state index in [1.165, 1.54) is 38.2 Å². The van der Waals surface area contributed by atoms with E-state index in [9.17, 15) is 4.39 Å². The fourth-order valence-electron chi connectivity index (χ4n) is 3.71. The minimum absolute atomic E-state index is 0.196. The summed E-state index contributed by atoms with van der Waals surface area (Å²) in [5.41, 5.74) is 1.61. The number of nitrogens with one attached hydrogen (secondary N) is 1. The highest BCUT2D eigenvalue weighted by Gasteiger charge is 2.34. The molecule has 0 aliphatic heterocycles. The molecule has 1 saturated carbocycles. The van der Waals surface area contributed by atoms with E-state index in [2.05, 4.69) is 42.0 Å². The van der Waals surface area contributed by atoms with Crippen molar-refractivity contribution < 1.29 is 4.39 Å². The predicted octanol–water partition coefficient (Wildman–Crippen LogP) is 5.85. The van der Waals surface area contributed by atoms with E-state index in [0.29, 0.717) is 9.89 Å². The van der Waals surface area contributed by atoms with Crippen molar-refractivity contribution in [2.45, 2.75) is 58.9 Å². The Labute approximate surface area is 136 Å². The van der Waals surface area contributed by atoms with Crippen LogP contribution >= 0.6 is 15.9 Å². The Balaban J connectivity index is 1.98. The maximum absolute atomic E-state index is 13.3. The van der Waals surface area contributed by atoms with E-state index in [0.717, 1.165) is 18.0 Å². The summed E-state index contributed by atoms with van der Waals surface area (Å²) in [7, 11) is 0. The summed E-state index contributed by atoms with van der Waals surface area (Å²) in [5, 5.41) is 3.69. The molecule has 0 radical (unpaired) electrons. The third kappa shape index (κ3) is 4.53. The van der Waals surface area contributed by atoms with Gasteiger partial charge in [-0.15, -0.1) is 0 Å². The number of benzene rings is 1. The second kappa shape index (κ2) is 7.23. The largest absolute Gasteiger partial charge is 0.310 e. The Kier molecular flexibility index (Phi) is 5.84. The van der Waals surface area contributed by atoms with E-state index in [-0.39, 0.29) is 11.9 Å². The Morgan fingerprint density at radius 1 is 1.24 bits per heavy atom. The van der Waals surface area contributed by atoms with Gasteiger partial charge in [0.2, 0.25) is 0 Å². The number of hydrogen-bond donors (Lipinski definition) is 1. The van der Waals surface area contributed by atoms with Gasteiger partial charge in [-0.1, -0.05) is 32.8 Å². The molecule has 21 heavy (non-hydrogen) atoms. The second-order valence-corrected chi connectivity index (χ2v) is 7.94. The van der Waals surface area contributed by atoms with Gasteiger partial charge in [0.05, 0.1) is 4.47 Å². The van der Waals surface area contributed by atoms with Crippen LogP contribution in [0.4, 0.5) is 4.39 Å². The SMILES string of the molecule is CC(C)CC1(CNC(C)c2ccc(F)c(Br)c2)CCCC1. The zero-order valence-corrected chi connectivity index (χ0v) is 15.0. The molecule has 0 amide bonds. The Morgan fingerprint density at radius 2 is 1.90 bits per heavy atom. The molecule has 1 aromatic carbocycles. The lowest BCUT2D eigenvalue weighted by Gasteiger charge is -2.33. The quantitative estimate of drug-likeness (QED) is 0.675. The van der Waals surface area contributed by atoms with Crippen molar-refractivity contribution in [2.75, 3.05) is 6.54 Å². The van der Waals surface area contributed by atoms with Crippen molar-refractivity contribution in [2.24, 2.45) is 11.3 Å². The molecule has 1 nitrogen and oxygen atoms in total. The minimum atomic E-state index is -0.196. The van der Waals surface area contributed by atoms with Gasteiger partial charge in [-0.3, -0.25) is 0 Å². The number of halogens is 2. The molecule has 0 aromatic heterocycles. The van der Waals surface area contributed by atoms with Crippen molar-refractivity contribution in [3.63, 3.8) is 0 Å². The maximum atomic E-state index is 13.3. The van der Waals surface area contributed by atoms with Crippen molar-refractivity contribution in [1.29, 1.82) is 0 Å². The van der Waals surface area contributed by atoms with Crippen LogP contribution in [-0.4, -0.2) is 6.54 Å². The molecular formula is C18H27BrFN. The van der Waals surface area contributed by atoms with Gasteiger partial charge in [0, 0.05) is 12.6 Å². The first-order valence-electron chi connectivity index (χ1n) is 8.10. The van der Waals surface area contributed by atoms with E-state index in [1.807, 2.05) is 12.1 Å². The zero-order valence-electron chi connectivity index (χ0n) is 13.4. The summed E-state index contributed by atoms with van der Waals surface area (Å²) < 4.78 is 13.9. The van der Waals surface area contributed by atoms with E-state index < -0.39 is 0 Å². The van der Waals surface area contributed by atoms with E-state index in [1.54, 1.807) is 0 Å². The summed E-state index contributed by atoms with van der Waals surface area (Å²) in [4.78, 5) is 0. The normalized spacial score (nSPS) is 19.1. The molecule has 0 heterocycles. The van der Waals surface area contributed by atoms with Gasteiger partial charge in [-0.25, -0.2) is 4.39 Å². The first-order valence-corrected chi connectivity index (χ1v) is 8.89. The summed E-state index contributed by atoms with van der Waals surface area (Å²) in [6.07, 6.45) is 6.73. The van der Waals surface area contributed by atoms with Gasteiger partial charge in [0.15, 0.2) is 0 Å². The van der Waals surface area contributed by atoms with Gasteiger partial charge in [0.1, 0.15) is 5.82 Å².